The first kappa shape index (κ1) is 30.9. The Labute approximate surface area is 241 Å². The van der Waals surface area contributed by atoms with Crippen LogP contribution in [0.3, 0.4) is 0 Å². The van der Waals surface area contributed by atoms with Crippen molar-refractivity contribution in [3.05, 3.63) is 46.6 Å². The van der Waals surface area contributed by atoms with Gasteiger partial charge in [0.25, 0.3) is 0 Å². The number of phenols is 2. The molecule has 3 heterocycles. The van der Waals surface area contributed by atoms with E-state index in [-0.39, 0.29) is 28.4 Å². The summed E-state index contributed by atoms with van der Waals surface area (Å²) in [7, 11) is 0. The lowest BCUT2D eigenvalue weighted by Crippen LogP contribution is -2.65. The molecule has 16 nitrogen and oxygen atoms in total. The van der Waals surface area contributed by atoms with Gasteiger partial charge in [0, 0.05) is 17.7 Å². The smallest absolute Gasteiger partial charge is 0.238 e. The molecule has 1 aromatic heterocycles. The first-order chi connectivity index (χ1) is 20.4. The van der Waals surface area contributed by atoms with E-state index in [0.717, 1.165) is 12.1 Å². The molecular weight excluding hydrogens is 580 g/mol. The fourth-order valence-electron chi connectivity index (χ4n) is 4.91. The largest absolute Gasteiger partial charge is 0.508 e. The predicted molar refractivity (Wildman–Crippen MR) is 140 cm³/mol. The Hall–Kier alpha value is -3.55. The lowest BCUT2D eigenvalue weighted by molar-refractivity contribution is -0.357. The number of phenolic OH excluding ortho intramolecular Hbond substituents is 2. The van der Waals surface area contributed by atoms with Gasteiger partial charge in [0.1, 0.15) is 70.9 Å². The highest BCUT2D eigenvalue weighted by atomic mass is 16.8. The molecule has 0 spiro atoms. The van der Waals surface area contributed by atoms with Gasteiger partial charge in [-0.05, 0) is 24.3 Å². The van der Waals surface area contributed by atoms with Crippen LogP contribution >= 0.6 is 0 Å². The van der Waals surface area contributed by atoms with Gasteiger partial charge in [-0.2, -0.15) is 0 Å². The molecule has 10 atom stereocenters. The zero-order valence-electron chi connectivity index (χ0n) is 22.1. The summed E-state index contributed by atoms with van der Waals surface area (Å²) in [6.07, 6.45) is -17.0. The summed E-state index contributed by atoms with van der Waals surface area (Å²) in [4.78, 5) is 12.9. The fraction of sp³-hybridized carbons (Fsp3) is 0.444. The number of aromatic hydroxyl groups is 3. The van der Waals surface area contributed by atoms with E-state index in [4.69, 9.17) is 23.4 Å². The molecule has 0 aliphatic carbocycles. The fourth-order valence-corrected chi connectivity index (χ4v) is 4.91. The highest BCUT2D eigenvalue weighted by Gasteiger charge is 2.51. The van der Waals surface area contributed by atoms with Crippen LogP contribution in [0.4, 0.5) is 0 Å². The van der Waals surface area contributed by atoms with Gasteiger partial charge in [0.05, 0.1) is 13.2 Å². The van der Waals surface area contributed by atoms with Crippen LogP contribution in [0.2, 0.25) is 0 Å². The number of hydrogen-bond donors (Lipinski definition) is 10. The topological polar surface area (TPSA) is 269 Å². The van der Waals surface area contributed by atoms with Crippen molar-refractivity contribution in [3.8, 4) is 34.3 Å². The summed E-state index contributed by atoms with van der Waals surface area (Å²) in [6.45, 7) is -1.55. The molecule has 10 N–H and O–H groups in total. The van der Waals surface area contributed by atoms with E-state index < -0.39 is 96.9 Å². The lowest BCUT2D eigenvalue weighted by Gasteiger charge is -2.45. The average Bonchev–Trinajstić information content (AvgIpc) is 2.98. The highest BCUT2D eigenvalue weighted by Crippen LogP contribution is 2.37. The van der Waals surface area contributed by atoms with E-state index >= 15 is 0 Å². The Morgan fingerprint density at radius 1 is 0.744 bits per heavy atom. The zero-order valence-corrected chi connectivity index (χ0v) is 22.1. The van der Waals surface area contributed by atoms with Crippen molar-refractivity contribution in [2.24, 2.45) is 0 Å². The molecule has 3 aromatic rings. The molecule has 2 saturated heterocycles. The number of fused-ring (bicyclic) bond motifs is 1. The Morgan fingerprint density at radius 3 is 1.98 bits per heavy atom. The summed E-state index contributed by atoms with van der Waals surface area (Å²) in [6, 6.07) is 7.43. The third-order valence-electron chi connectivity index (χ3n) is 7.27. The van der Waals surface area contributed by atoms with Crippen LogP contribution in [-0.2, 0) is 14.2 Å². The van der Waals surface area contributed by atoms with E-state index in [9.17, 15) is 55.9 Å². The number of rotatable bonds is 7. The second-order valence-electron chi connectivity index (χ2n) is 10.1. The van der Waals surface area contributed by atoms with Gasteiger partial charge in [0.15, 0.2) is 18.2 Å². The number of ether oxygens (including phenoxy) is 4. The molecule has 2 fully saturated rings. The van der Waals surface area contributed by atoms with Crippen LogP contribution in [0, 0.1) is 0 Å². The molecule has 5 rings (SSSR count). The summed E-state index contributed by atoms with van der Waals surface area (Å²) in [5.74, 6) is -2.11. The Morgan fingerprint density at radius 2 is 1.35 bits per heavy atom. The van der Waals surface area contributed by atoms with Crippen molar-refractivity contribution in [2.45, 2.75) is 61.4 Å². The van der Waals surface area contributed by atoms with Crippen LogP contribution < -0.4 is 10.2 Å². The van der Waals surface area contributed by atoms with Crippen molar-refractivity contribution in [3.63, 3.8) is 0 Å². The summed E-state index contributed by atoms with van der Waals surface area (Å²) < 4.78 is 28.0. The molecule has 0 saturated carbocycles. The van der Waals surface area contributed by atoms with Crippen LogP contribution in [0.1, 0.15) is 0 Å². The second kappa shape index (κ2) is 12.2. The maximum absolute atomic E-state index is 12.9. The number of benzene rings is 2. The van der Waals surface area contributed by atoms with Crippen LogP contribution in [-0.4, -0.2) is 126 Å². The predicted octanol–water partition coefficient (Wildman–Crippen LogP) is -2.42. The van der Waals surface area contributed by atoms with Crippen molar-refractivity contribution < 1.29 is 74.4 Å². The zero-order chi connectivity index (χ0) is 31.2. The molecule has 0 bridgehead atoms. The summed E-state index contributed by atoms with van der Waals surface area (Å²) in [5.41, 5.74) is -1.03. The molecule has 43 heavy (non-hydrogen) atoms. The van der Waals surface area contributed by atoms with E-state index in [1.54, 1.807) is 0 Å². The van der Waals surface area contributed by atoms with Gasteiger partial charge in [0.2, 0.25) is 17.5 Å². The Bertz CT molecular complexity index is 1490. The summed E-state index contributed by atoms with van der Waals surface area (Å²) >= 11 is 0. The van der Waals surface area contributed by atoms with Crippen molar-refractivity contribution in [2.75, 3.05) is 13.2 Å². The quantitative estimate of drug-likeness (QED) is 0.133. The van der Waals surface area contributed by atoms with E-state index in [2.05, 4.69) is 0 Å². The standard InChI is InChI=1S/C27H30O16/c28-7-14-17(32)20(35)23(38)26(41-14)43-25-21(36)18(33)15(8-29)42-27(25)39-11-5-12(31)16-13(6-11)40-24(22(37)19(16)34)9-1-3-10(30)4-2-9/h1-6,14-15,17-18,20-21,23,25-33,35-38H,7-8H2/t14-,15-,17-,18-,20+,21+,23-,25-,26+,27-/m1/s1. The van der Waals surface area contributed by atoms with E-state index in [1.807, 2.05) is 0 Å². The van der Waals surface area contributed by atoms with E-state index in [0.29, 0.717) is 0 Å². The third-order valence-corrected chi connectivity index (χ3v) is 7.27. The van der Waals surface area contributed by atoms with Crippen molar-refractivity contribution >= 4 is 11.0 Å². The third kappa shape index (κ3) is 5.73. The summed E-state index contributed by atoms with van der Waals surface area (Å²) in [5, 5.41) is 101. The number of aliphatic hydroxyl groups is 7. The SMILES string of the molecule is O=c1c(O)c(-c2ccc(O)cc2)oc2cc(O[C@@H]3O[C@H](CO)[C@@H](O)[C@H](O)[C@H]3O[C@@H]3O[C@H](CO)[C@@H](O)[C@H](O)[C@H]3O)cc(O)c12. The Balaban J connectivity index is 1.50. The lowest BCUT2D eigenvalue weighted by atomic mass is 9.97. The van der Waals surface area contributed by atoms with Crippen LogP contribution in [0.25, 0.3) is 22.3 Å². The molecule has 2 aliphatic rings. The maximum atomic E-state index is 12.9. The van der Waals surface area contributed by atoms with Gasteiger partial charge in [-0.25, -0.2) is 0 Å². The number of hydrogen-bond acceptors (Lipinski definition) is 16. The molecule has 0 radical (unpaired) electrons. The second-order valence-corrected chi connectivity index (χ2v) is 10.1. The highest BCUT2D eigenvalue weighted by molar-refractivity contribution is 5.88. The minimum atomic E-state index is -1.89. The molecule has 2 aromatic carbocycles. The van der Waals surface area contributed by atoms with Gasteiger partial charge in [-0.1, -0.05) is 0 Å². The van der Waals surface area contributed by atoms with Gasteiger partial charge < -0.3 is 74.4 Å². The minimum Gasteiger partial charge on any atom is -0.508 e. The van der Waals surface area contributed by atoms with Gasteiger partial charge in [-0.15, -0.1) is 0 Å². The van der Waals surface area contributed by atoms with Gasteiger partial charge in [-0.3, -0.25) is 4.79 Å². The van der Waals surface area contributed by atoms with Gasteiger partial charge >= 0.3 is 0 Å². The van der Waals surface area contributed by atoms with E-state index in [1.165, 1.54) is 24.3 Å². The maximum Gasteiger partial charge on any atom is 0.238 e. The molecule has 0 unspecified atom stereocenters. The molecule has 16 heteroatoms. The first-order valence-electron chi connectivity index (χ1n) is 13.0. The monoisotopic (exact) mass is 610 g/mol. The first-order valence-corrected chi connectivity index (χ1v) is 13.0. The minimum absolute atomic E-state index is 0.0823. The molecule has 2 aliphatic heterocycles. The average molecular weight is 611 g/mol. The molecular formula is C27H30O16. The molecule has 0 amide bonds. The van der Waals surface area contributed by atoms with Crippen LogP contribution in [0.15, 0.2) is 45.6 Å². The van der Waals surface area contributed by atoms with Crippen molar-refractivity contribution in [1.29, 1.82) is 0 Å². The number of aliphatic hydroxyl groups excluding tert-OH is 7. The molecule has 234 valence electrons. The normalized spacial score (nSPS) is 33.0. The van der Waals surface area contributed by atoms with Crippen LogP contribution in [0.5, 0.6) is 23.0 Å². The van der Waals surface area contributed by atoms with Crippen molar-refractivity contribution in [1.82, 2.24) is 0 Å². The Kier molecular flexibility index (Phi) is 8.77.